The minimum atomic E-state index is 0.350. The second-order valence-electron chi connectivity index (χ2n) is 15.7. The van der Waals surface area contributed by atoms with Gasteiger partial charge in [0.1, 0.15) is 13.2 Å². The topological polar surface area (TPSA) is 151 Å². The van der Waals surface area contributed by atoms with Gasteiger partial charge in [0, 0.05) is 38.7 Å². The SMILES string of the molecule is COCCOCCOCCOc1cccc(-c2cc(-c3ccc(-c4ccc(-c5cc(-c6ccccn6)nc(-c6cccc(OCCOCCOCCOC)n6)c5)cc4)cc3)cc(-c3ccccn3)n2)n1. The predicted octanol–water partition coefficient (Wildman–Crippen LogP) is 9.84. The first-order valence-electron chi connectivity index (χ1n) is 23.2. The zero-order valence-electron chi connectivity index (χ0n) is 39.4. The maximum atomic E-state index is 5.95. The van der Waals surface area contributed by atoms with Gasteiger partial charge < -0.3 is 37.9 Å². The van der Waals surface area contributed by atoms with Crippen LogP contribution in [0, 0.1) is 0 Å². The lowest BCUT2D eigenvalue weighted by Gasteiger charge is -2.12. The summed E-state index contributed by atoms with van der Waals surface area (Å²) < 4.78 is 44.1. The van der Waals surface area contributed by atoms with Crippen molar-refractivity contribution >= 4 is 0 Å². The molecule has 0 N–H and O–H groups in total. The zero-order chi connectivity index (χ0) is 48.0. The minimum Gasteiger partial charge on any atom is -0.475 e. The summed E-state index contributed by atoms with van der Waals surface area (Å²) in [5.41, 5.74) is 11.9. The molecule has 0 saturated heterocycles. The summed E-state index contributed by atoms with van der Waals surface area (Å²) in [4.78, 5) is 28.9. The molecule has 358 valence electrons. The van der Waals surface area contributed by atoms with E-state index in [1.807, 2.05) is 72.8 Å². The van der Waals surface area contributed by atoms with E-state index in [1.165, 1.54) is 0 Å². The molecule has 0 saturated carbocycles. The normalized spacial score (nSPS) is 11.2. The van der Waals surface area contributed by atoms with Gasteiger partial charge in [0.05, 0.1) is 112 Å². The van der Waals surface area contributed by atoms with E-state index in [2.05, 4.69) is 82.8 Å². The fourth-order valence-electron chi connectivity index (χ4n) is 7.27. The summed E-state index contributed by atoms with van der Waals surface area (Å²) in [5.74, 6) is 0.972. The summed E-state index contributed by atoms with van der Waals surface area (Å²) in [6, 6.07) is 48.3. The molecule has 8 rings (SSSR count). The van der Waals surface area contributed by atoms with E-state index in [-0.39, 0.29) is 0 Å². The summed E-state index contributed by atoms with van der Waals surface area (Å²) in [7, 11) is 3.29. The molecule has 0 fully saturated rings. The predicted molar refractivity (Wildman–Crippen MR) is 269 cm³/mol. The number of hydrogen-bond acceptors (Lipinski definition) is 14. The second kappa shape index (κ2) is 26.5. The molecule has 0 aliphatic heterocycles. The maximum Gasteiger partial charge on any atom is 0.213 e. The van der Waals surface area contributed by atoms with Gasteiger partial charge in [0.15, 0.2) is 0 Å². The molecule has 0 atom stereocenters. The van der Waals surface area contributed by atoms with E-state index < -0.39 is 0 Å². The van der Waals surface area contributed by atoms with Crippen molar-refractivity contribution in [1.29, 1.82) is 0 Å². The highest BCUT2D eigenvalue weighted by atomic mass is 16.6. The average molecular weight is 941 g/mol. The van der Waals surface area contributed by atoms with Crippen LogP contribution in [-0.2, 0) is 28.4 Å². The van der Waals surface area contributed by atoms with E-state index in [0.717, 1.165) is 56.2 Å². The van der Waals surface area contributed by atoms with Crippen LogP contribution in [0.2, 0.25) is 0 Å². The summed E-state index contributed by atoms with van der Waals surface area (Å²) in [6.07, 6.45) is 3.54. The third-order valence-electron chi connectivity index (χ3n) is 10.8. The van der Waals surface area contributed by atoms with Crippen LogP contribution in [0.5, 0.6) is 11.8 Å². The number of methoxy groups -OCH3 is 2. The van der Waals surface area contributed by atoms with Crippen molar-refractivity contribution < 1.29 is 37.9 Å². The van der Waals surface area contributed by atoms with E-state index in [4.69, 9.17) is 57.8 Å². The Labute approximate surface area is 408 Å². The van der Waals surface area contributed by atoms with Crippen molar-refractivity contribution in [2.75, 3.05) is 93.5 Å². The smallest absolute Gasteiger partial charge is 0.213 e. The fraction of sp³-hybridized carbons (Fsp3) is 0.250. The number of pyridine rings is 6. The van der Waals surface area contributed by atoms with Crippen LogP contribution in [0.1, 0.15) is 0 Å². The Bertz CT molecular complexity index is 2630. The first kappa shape index (κ1) is 49.1. The van der Waals surface area contributed by atoms with E-state index in [9.17, 15) is 0 Å². The zero-order valence-corrected chi connectivity index (χ0v) is 39.4. The third-order valence-corrected chi connectivity index (χ3v) is 10.8. The number of hydrogen-bond donors (Lipinski definition) is 0. The van der Waals surface area contributed by atoms with Crippen molar-refractivity contribution in [3.05, 3.63) is 158 Å². The van der Waals surface area contributed by atoms with Crippen LogP contribution in [-0.4, -0.2) is 123 Å². The third kappa shape index (κ3) is 14.4. The number of nitrogens with zero attached hydrogens (tertiary/aromatic N) is 6. The van der Waals surface area contributed by atoms with Gasteiger partial charge in [-0.3, -0.25) is 9.97 Å². The summed E-state index contributed by atoms with van der Waals surface area (Å²) in [6.45, 7) is 5.65. The van der Waals surface area contributed by atoms with Crippen LogP contribution in [0.15, 0.2) is 158 Å². The molecular formula is C56H56N6O8. The molecule has 2 aromatic carbocycles. The minimum absolute atomic E-state index is 0.350. The van der Waals surface area contributed by atoms with Crippen LogP contribution in [0.4, 0.5) is 0 Å². The maximum absolute atomic E-state index is 5.95. The van der Waals surface area contributed by atoms with Crippen LogP contribution >= 0.6 is 0 Å². The van der Waals surface area contributed by atoms with Gasteiger partial charge in [0.25, 0.3) is 0 Å². The van der Waals surface area contributed by atoms with E-state index >= 15 is 0 Å². The molecule has 0 spiro atoms. The van der Waals surface area contributed by atoms with Crippen LogP contribution in [0.3, 0.4) is 0 Å². The van der Waals surface area contributed by atoms with Gasteiger partial charge in [-0.05, 0) is 94.0 Å². The molecule has 14 heteroatoms. The Morgan fingerprint density at radius 2 is 0.614 bits per heavy atom. The molecule has 8 aromatic rings. The van der Waals surface area contributed by atoms with Crippen LogP contribution in [0.25, 0.3) is 78.9 Å². The quantitative estimate of drug-likeness (QED) is 0.0450. The van der Waals surface area contributed by atoms with Gasteiger partial charge in [-0.15, -0.1) is 0 Å². The molecule has 0 amide bonds. The molecule has 0 radical (unpaired) electrons. The van der Waals surface area contributed by atoms with E-state index in [0.29, 0.717) is 114 Å². The molecule has 6 heterocycles. The monoisotopic (exact) mass is 940 g/mol. The highest BCUT2D eigenvalue weighted by Gasteiger charge is 2.14. The fourth-order valence-corrected chi connectivity index (χ4v) is 7.27. The molecule has 0 bridgehead atoms. The number of rotatable bonds is 27. The van der Waals surface area contributed by atoms with Gasteiger partial charge in [-0.1, -0.05) is 72.8 Å². The average Bonchev–Trinajstić information content (AvgIpc) is 3.42. The lowest BCUT2D eigenvalue weighted by molar-refractivity contribution is 0.0176. The molecule has 0 aliphatic rings. The first-order chi connectivity index (χ1) is 34.6. The highest BCUT2D eigenvalue weighted by Crippen LogP contribution is 2.34. The molecule has 0 aliphatic carbocycles. The van der Waals surface area contributed by atoms with Crippen molar-refractivity contribution in [2.24, 2.45) is 0 Å². The van der Waals surface area contributed by atoms with Gasteiger partial charge in [-0.25, -0.2) is 19.9 Å². The molecule has 0 unspecified atom stereocenters. The Kier molecular flexibility index (Phi) is 18.6. The van der Waals surface area contributed by atoms with E-state index in [1.54, 1.807) is 26.6 Å². The summed E-state index contributed by atoms with van der Waals surface area (Å²) >= 11 is 0. The Hall–Kier alpha value is -7.30. The number of ether oxygens (including phenoxy) is 8. The molecule has 70 heavy (non-hydrogen) atoms. The second-order valence-corrected chi connectivity index (χ2v) is 15.7. The lowest BCUT2D eigenvalue weighted by Crippen LogP contribution is -2.12. The standard InChI is InChI=1S/C56H56N6O8/c1-63-25-27-65-29-31-67-33-35-69-55-13-7-11-49(61-55)53-39-45(37-51(59-53)47-9-3-5-23-57-47)43-19-15-41(16-20-43)42-17-21-44(22-18-42)46-38-52(48-10-4-6-24-58-48)60-54(40-46)50-12-8-14-56(62-50)70-36-34-68-32-30-66-28-26-64-2/h3-24,37-40H,25-36H2,1-2H3. The van der Waals surface area contributed by atoms with Gasteiger partial charge in [-0.2, -0.15) is 0 Å². The Morgan fingerprint density at radius 1 is 0.286 bits per heavy atom. The van der Waals surface area contributed by atoms with Gasteiger partial charge in [0.2, 0.25) is 11.8 Å². The molecule has 14 nitrogen and oxygen atoms in total. The molecule has 6 aromatic heterocycles. The summed E-state index contributed by atoms with van der Waals surface area (Å²) in [5, 5.41) is 0. The van der Waals surface area contributed by atoms with Crippen molar-refractivity contribution in [3.63, 3.8) is 0 Å². The Balaban J connectivity index is 0.971. The lowest BCUT2D eigenvalue weighted by atomic mass is 9.97. The molecular weight excluding hydrogens is 885 g/mol. The van der Waals surface area contributed by atoms with Crippen molar-refractivity contribution in [1.82, 2.24) is 29.9 Å². The number of benzene rings is 2. The first-order valence-corrected chi connectivity index (χ1v) is 23.2. The van der Waals surface area contributed by atoms with Crippen molar-refractivity contribution in [2.45, 2.75) is 0 Å². The number of aromatic nitrogens is 6. The largest absolute Gasteiger partial charge is 0.475 e. The van der Waals surface area contributed by atoms with Crippen LogP contribution < -0.4 is 9.47 Å². The van der Waals surface area contributed by atoms with Crippen molar-refractivity contribution in [3.8, 4) is 90.7 Å². The van der Waals surface area contributed by atoms with Gasteiger partial charge >= 0.3 is 0 Å². The highest BCUT2D eigenvalue weighted by molar-refractivity contribution is 5.79. The Morgan fingerprint density at radius 3 is 0.971 bits per heavy atom.